The molecule has 1 fully saturated rings. The van der Waals surface area contributed by atoms with E-state index >= 15 is 0 Å². The lowest BCUT2D eigenvalue weighted by atomic mass is 10.1. The summed E-state index contributed by atoms with van der Waals surface area (Å²) in [7, 11) is 0. The molecule has 2 N–H and O–H groups in total. The van der Waals surface area contributed by atoms with Gasteiger partial charge < -0.3 is 15.3 Å². The first-order chi connectivity index (χ1) is 9.50. The first-order valence-electron chi connectivity index (χ1n) is 6.55. The smallest absolute Gasteiger partial charge is 0.326 e. The second kappa shape index (κ2) is 5.90. The van der Waals surface area contributed by atoms with Crippen molar-refractivity contribution >= 4 is 12.0 Å². The molecule has 5 nitrogen and oxygen atoms in total. The molecule has 1 aliphatic rings. The number of hydrogen-bond donors (Lipinski definition) is 2. The molecule has 1 unspecified atom stereocenters. The van der Waals surface area contributed by atoms with Crippen LogP contribution in [0.2, 0.25) is 0 Å². The highest BCUT2D eigenvalue weighted by Crippen LogP contribution is 2.20. The number of likely N-dealkylation sites (tertiary alicyclic amines) is 1. The maximum absolute atomic E-state index is 13.6. The van der Waals surface area contributed by atoms with Crippen LogP contribution in [0.5, 0.6) is 0 Å². The van der Waals surface area contributed by atoms with Crippen molar-refractivity contribution < 1.29 is 19.1 Å². The topological polar surface area (TPSA) is 69.6 Å². The van der Waals surface area contributed by atoms with Crippen molar-refractivity contribution in [3.8, 4) is 0 Å². The molecule has 0 radical (unpaired) electrons. The molecule has 2 atom stereocenters. The maximum Gasteiger partial charge on any atom is 0.326 e. The molecule has 1 aromatic rings. The second-order valence-electron chi connectivity index (χ2n) is 4.88. The zero-order chi connectivity index (χ0) is 14.7. The van der Waals surface area contributed by atoms with E-state index in [0.717, 1.165) is 0 Å². The predicted octanol–water partition coefficient (Wildman–Crippen LogP) is 2.15. The number of carbonyl (C=O) groups is 2. The molecule has 2 rings (SSSR count). The third kappa shape index (κ3) is 2.89. The summed E-state index contributed by atoms with van der Waals surface area (Å²) in [6.45, 7) is 2.08. The highest BCUT2D eigenvalue weighted by atomic mass is 19.1. The van der Waals surface area contributed by atoms with E-state index in [4.69, 9.17) is 5.11 Å². The molecule has 108 valence electrons. The molecule has 0 aromatic heterocycles. The Bertz CT molecular complexity index is 521. The van der Waals surface area contributed by atoms with Gasteiger partial charge in [0, 0.05) is 12.1 Å². The minimum absolute atomic E-state index is 0.381. The predicted molar refractivity (Wildman–Crippen MR) is 70.7 cm³/mol. The Hall–Kier alpha value is -2.11. The molecule has 20 heavy (non-hydrogen) atoms. The van der Waals surface area contributed by atoms with Crippen LogP contribution in [0.1, 0.15) is 31.4 Å². The normalized spacial score (nSPS) is 19.7. The SMILES string of the molecule is CC(NC(=O)N1CCC[C@@H]1C(=O)O)c1ccccc1F. The summed E-state index contributed by atoms with van der Waals surface area (Å²) < 4.78 is 13.6. The van der Waals surface area contributed by atoms with Gasteiger partial charge in [0.05, 0.1) is 6.04 Å². The second-order valence-corrected chi connectivity index (χ2v) is 4.88. The number of carboxylic acids is 1. The van der Waals surface area contributed by atoms with Crippen molar-refractivity contribution in [2.24, 2.45) is 0 Å². The Morgan fingerprint density at radius 3 is 2.80 bits per heavy atom. The van der Waals surface area contributed by atoms with Crippen LogP contribution in [-0.2, 0) is 4.79 Å². The molecule has 6 heteroatoms. The van der Waals surface area contributed by atoms with Gasteiger partial charge in [-0.3, -0.25) is 0 Å². The van der Waals surface area contributed by atoms with Crippen LogP contribution >= 0.6 is 0 Å². The van der Waals surface area contributed by atoms with Crippen LogP contribution in [0.25, 0.3) is 0 Å². The van der Waals surface area contributed by atoms with Crippen molar-refractivity contribution in [1.82, 2.24) is 10.2 Å². The Morgan fingerprint density at radius 2 is 2.15 bits per heavy atom. The average Bonchev–Trinajstić information content (AvgIpc) is 2.88. The summed E-state index contributed by atoms with van der Waals surface area (Å²) >= 11 is 0. The van der Waals surface area contributed by atoms with E-state index in [1.165, 1.54) is 11.0 Å². The largest absolute Gasteiger partial charge is 0.480 e. The van der Waals surface area contributed by atoms with E-state index in [9.17, 15) is 14.0 Å². The van der Waals surface area contributed by atoms with E-state index in [1.54, 1.807) is 25.1 Å². The molecule has 2 amide bonds. The number of rotatable bonds is 3. The van der Waals surface area contributed by atoms with Crippen molar-refractivity contribution in [3.05, 3.63) is 35.6 Å². The van der Waals surface area contributed by atoms with Crippen LogP contribution in [0.3, 0.4) is 0 Å². The summed E-state index contributed by atoms with van der Waals surface area (Å²) in [5.74, 6) is -1.40. The number of nitrogens with one attached hydrogen (secondary N) is 1. The Labute approximate surface area is 116 Å². The number of benzene rings is 1. The molecule has 1 aliphatic heterocycles. The summed E-state index contributed by atoms with van der Waals surface area (Å²) in [4.78, 5) is 24.4. The molecule has 1 saturated heterocycles. The fraction of sp³-hybridized carbons (Fsp3) is 0.429. The van der Waals surface area contributed by atoms with Crippen LogP contribution in [0.15, 0.2) is 24.3 Å². The number of amides is 2. The third-order valence-corrected chi connectivity index (χ3v) is 3.51. The van der Waals surface area contributed by atoms with Gasteiger partial charge in [0.2, 0.25) is 0 Å². The molecule has 0 aliphatic carbocycles. The Morgan fingerprint density at radius 1 is 1.45 bits per heavy atom. The van der Waals surface area contributed by atoms with Crippen LogP contribution < -0.4 is 5.32 Å². The Kier molecular flexibility index (Phi) is 4.22. The summed E-state index contributed by atoms with van der Waals surface area (Å²) in [6.07, 6.45) is 1.12. The zero-order valence-corrected chi connectivity index (χ0v) is 11.2. The van der Waals surface area contributed by atoms with Gasteiger partial charge in [0.15, 0.2) is 0 Å². The standard InChI is InChI=1S/C14H17FN2O3/c1-9(10-5-2-3-6-11(10)15)16-14(20)17-8-4-7-12(17)13(18)19/h2-3,5-6,9,12H,4,7-8H2,1H3,(H,16,20)(H,18,19)/t9?,12-/m1/s1. The molecule has 1 aromatic carbocycles. The molecule has 0 saturated carbocycles. The van der Waals surface area contributed by atoms with E-state index in [-0.39, 0.29) is 0 Å². The fourth-order valence-corrected chi connectivity index (χ4v) is 2.44. The summed E-state index contributed by atoms with van der Waals surface area (Å²) in [6, 6.07) is 4.42. The summed E-state index contributed by atoms with van der Waals surface area (Å²) in [5.41, 5.74) is 0.381. The highest BCUT2D eigenvalue weighted by Gasteiger charge is 2.34. The molecular weight excluding hydrogens is 263 g/mol. The van der Waals surface area contributed by atoms with E-state index < -0.39 is 29.9 Å². The summed E-state index contributed by atoms with van der Waals surface area (Å²) in [5, 5.41) is 11.7. The zero-order valence-electron chi connectivity index (χ0n) is 11.2. The van der Waals surface area contributed by atoms with Gasteiger partial charge in [-0.15, -0.1) is 0 Å². The van der Waals surface area contributed by atoms with Crippen molar-refractivity contribution in [1.29, 1.82) is 0 Å². The molecular formula is C14H17FN2O3. The van der Waals surface area contributed by atoms with Gasteiger partial charge in [-0.25, -0.2) is 14.0 Å². The highest BCUT2D eigenvalue weighted by molar-refractivity contribution is 5.83. The molecule has 0 spiro atoms. The number of halogens is 1. The van der Waals surface area contributed by atoms with Gasteiger partial charge in [0.1, 0.15) is 11.9 Å². The van der Waals surface area contributed by atoms with Crippen molar-refractivity contribution in [2.45, 2.75) is 31.8 Å². The van der Waals surface area contributed by atoms with Gasteiger partial charge in [-0.05, 0) is 25.8 Å². The first kappa shape index (κ1) is 14.3. The van der Waals surface area contributed by atoms with Crippen molar-refractivity contribution in [3.63, 3.8) is 0 Å². The quantitative estimate of drug-likeness (QED) is 0.891. The van der Waals surface area contributed by atoms with Crippen molar-refractivity contribution in [2.75, 3.05) is 6.54 Å². The van der Waals surface area contributed by atoms with E-state index in [0.29, 0.717) is 24.9 Å². The lowest BCUT2D eigenvalue weighted by molar-refractivity contribution is -0.141. The minimum Gasteiger partial charge on any atom is -0.480 e. The number of carbonyl (C=O) groups excluding carboxylic acids is 1. The van der Waals surface area contributed by atoms with E-state index in [2.05, 4.69) is 5.32 Å². The Balaban J connectivity index is 2.04. The van der Waals surface area contributed by atoms with Crippen LogP contribution in [0, 0.1) is 5.82 Å². The van der Waals surface area contributed by atoms with Crippen LogP contribution in [0.4, 0.5) is 9.18 Å². The number of aliphatic carboxylic acids is 1. The van der Waals surface area contributed by atoms with Gasteiger partial charge >= 0.3 is 12.0 Å². The van der Waals surface area contributed by atoms with Crippen LogP contribution in [-0.4, -0.2) is 34.6 Å². The van der Waals surface area contributed by atoms with E-state index in [1.807, 2.05) is 0 Å². The van der Waals surface area contributed by atoms with Gasteiger partial charge in [-0.2, -0.15) is 0 Å². The number of hydrogen-bond acceptors (Lipinski definition) is 2. The number of urea groups is 1. The maximum atomic E-state index is 13.6. The third-order valence-electron chi connectivity index (χ3n) is 3.51. The number of carboxylic acid groups (broad SMARTS) is 1. The molecule has 0 bridgehead atoms. The number of nitrogens with zero attached hydrogens (tertiary/aromatic N) is 1. The van der Waals surface area contributed by atoms with Gasteiger partial charge in [-0.1, -0.05) is 18.2 Å². The molecule has 1 heterocycles. The lowest BCUT2D eigenvalue weighted by Crippen LogP contribution is -2.46. The first-order valence-corrected chi connectivity index (χ1v) is 6.55. The minimum atomic E-state index is -1.00. The monoisotopic (exact) mass is 280 g/mol. The average molecular weight is 280 g/mol. The van der Waals surface area contributed by atoms with Gasteiger partial charge in [0.25, 0.3) is 0 Å². The fourth-order valence-electron chi connectivity index (χ4n) is 2.44. The lowest BCUT2D eigenvalue weighted by Gasteiger charge is -2.24.